The second kappa shape index (κ2) is 5.20. The van der Waals surface area contributed by atoms with E-state index in [-0.39, 0.29) is 5.88 Å². The van der Waals surface area contributed by atoms with Crippen LogP contribution in [-0.4, -0.2) is 16.2 Å². The van der Waals surface area contributed by atoms with Crippen LogP contribution < -0.4 is 10.5 Å². The molecule has 1 heterocycles. The Morgan fingerprint density at radius 1 is 1.50 bits per heavy atom. The van der Waals surface area contributed by atoms with Gasteiger partial charge in [-0.05, 0) is 17.7 Å². The van der Waals surface area contributed by atoms with Crippen LogP contribution in [0.25, 0.3) is 11.3 Å². The summed E-state index contributed by atoms with van der Waals surface area (Å²) in [6.45, 7) is 1.68. The standard InChI is InChI=1S/C12H12ClN3O2/c1-7(17)18-12-5-11(15-16-12)8-2-3-10(13)9(4-8)6-14/h2-5H,6,14H2,1H3,(H,15,16). The Balaban J connectivity index is 2.31. The molecule has 0 bridgehead atoms. The summed E-state index contributed by atoms with van der Waals surface area (Å²) in [7, 11) is 0. The number of esters is 1. The first-order valence-electron chi connectivity index (χ1n) is 5.33. The molecule has 0 saturated heterocycles. The lowest BCUT2D eigenvalue weighted by Crippen LogP contribution is -2.01. The molecule has 2 aromatic rings. The summed E-state index contributed by atoms with van der Waals surface area (Å²) in [5.41, 5.74) is 8.05. The summed E-state index contributed by atoms with van der Waals surface area (Å²) in [5, 5.41) is 7.29. The maximum Gasteiger partial charge on any atom is 0.309 e. The number of aromatic nitrogens is 2. The van der Waals surface area contributed by atoms with Gasteiger partial charge in [-0.15, -0.1) is 5.10 Å². The minimum Gasteiger partial charge on any atom is -0.406 e. The van der Waals surface area contributed by atoms with E-state index in [1.165, 1.54) is 6.92 Å². The number of nitrogens with one attached hydrogen (secondary N) is 1. The molecule has 0 spiro atoms. The van der Waals surface area contributed by atoms with Crippen molar-refractivity contribution in [2.24, 2.45) is 5.73 Å². The molecular weight excluding hydrogens is 254 g/mol. The molecule has 94 valence electrons. The number of carbonyl (C=O) groups excluding carboxylic acids is 1. The van der Waals surface area contributed by atoms with Crippen molar-refractivity contribution in [2.45, 2.75) is 13.5 Å². The molecule has 0 aliphatic heterocycles. The highest BCUT2D eigenvalue weighted by Crippen LogP contribution is 2.25. The quantitative estimate of drug-likeness (QED) is 0.833. The number of halogens is 1. The van der Waals surface area contributed by atoms with Crippen molar-refractivity contribution in [3.8, 4) is 17.1 Å². The maximum absolute atomic E-state index is 10.8. The lowest BCUT2D eigenvalue weighted by Gasteiger charge is -2.03. The lowest BCUT2D eigenvalue weighted by atomic mass is 10.1. The third-order valence-electron chi connectivity index (χ3n) is 2.38. The average Bonchev–Trinajstić information content (AvgIpc) is 2.77. The highest BCUT2D eigenvalue weighted by molar-refractivity contribution is 6.31. The number of rotatable bonds is 3. The van der Waals surface area contributed by atoms with Crippen molar-refractivity contribution in [3.05, 3.63) is 34.9 Å². The van der Waals surface area contributed by atoms with Crippen molar-refractivity contribution < 1.29 is 9.53 Å². The summed E-state index contributed by atoms with van der Waals surface area (Å²) in [4.78, 5) is 10.8. The van der Waals surface area contributed by atoms with Crippen LogP contribution in [0, 0.1) is 0 Å². The largest absolute Gasteiger partial charge is 0.406 e. The Morgan fingerprint density at radius 3 is 2.94 bits per heavy atom. The number of ether oxygens (including phenoxy) is 1. The van der Waals surface area contributed by atoms with E-state index in [9.17, 15) is 4.79 Å². The molecule has 0 radical (unpaired) electrons. The van der Waals surface area contributed by atoms with Crippen LogP contribution in [0.4, 0.5) is 0 Å². The first kappa shape index (κ1) is 12.6. The van der Waals surface area contributed by atoms with Gasteiger partial charge in [0.15, 0.2) is 0 Å². The number of hydrogen-bond acceptors (Lipinski definition) is 4. The van der Waals surface area contributed by atoms with Crippen molar-refractivity contribution >= 4 is 17.6 Å². The Bertz CT molecular complexity index is 580. The molecule has 3 N–H and O–H groups in total. The van der Waals surface area contributed by atoms with Crippen LogP contribution in [0.1, 0.15) is 12.5 Å². The van der Waals surface area contributed by atoms with Crippen molar-refractivity contribution in [1.82, 2.24) is 10.2 Å². The van der Waals surface area contributed by atoms with E-state index >= 15 is 0 Å². The first-order chi connectivity index (χ1) is 8.60. The number of nitrogens with two attached hydrogens (primary N) is 1. The van der Waals surface area contributed by atoms with Crippen molar-refractivity contribution in [2.75, 3.05) is 0 Å². The van der Waals surface area contributed by atoms with E-state index in [1.54, 1.807) is 12.1 Å². The zero-order chi connectivity index (χ0) is 13.1. The van der Waals surface area contributed by atoms with E-state index in [1.807, 2.05) is 12.1 Å². The van der Waals surface area contributed by atoms with Crippen LogP contribution in [0.2, 0.25) is 5.02 Å². The number of benzene rings is 1. The predicted octanol–water partition coefficient (Wildman–Crippen LogP) is 2.11. The number of nitrogens with zero attached hydrogens (tertiary/aromatic N) is 1. The smallest absolute Gasteiger partial charge is 0.309 e. The molecule has 0 aliphatic rings. The SMILES string of the molecule is CC(=O)Oc1cc(-c2ccc(Cl)c(CN)c2)[nH]n1. The van der Waals surface area contributed by atoms with Gasteiger partial charge in [0.2, 0.25) is 5.88 Å². The molecule has 0 fully saturated rings. The highest BCUT2D eigenvalue weighted by atomic mass is 35.5. The van der Waals surface area contributed by atoms with Gasteiger partial charge in [-0.3, -0.25) is 9.89 Å². The third-order valence-corrected chi connectivity index (χ3v) is 2.75. The number of H-pyrrole nitrogens is 1. The second-order valence-corrected chi connectivity index (χ2v) is 4.13. The molecule has 0 amide bonds. The monoisotopic (exact) mass is 265 g/mol. The highest BCUT2D eigenvalue weighted by Gasteiger charge is 2.08. The summed E-state index contributed by atoms with van der Waals surface area (Å²) in [6.07, 6.45) is 0. The predicted molar refractivity (Wildman–Crippen MR) is 68.2 cm³/mol. The molecule has 6 heteroatoms. The average molecular weight is 266 g/mol. The van der Waals surface area contributed by atoms with Gasteiger partial charge in [-0.25, -0.2) is 0 Å². The Kier molecular flexibility index (Phi) is 3.64. The fraction of sp³-hybridized carbons (Fsp3) is 0.167. The van der Waals surface area contributed by atoms with Crippen LogP contribution in [-0.2, 0) is 11.3 Å². The lowest BCUT2D eigenvalue weighted by molar-refractivity contribution is -0.132. The second-order valence-electron chi connectivity index (χ2n) is 3.72. The molecule has 18 heavy (non-hydrogen) atoms. The minimum absolute atomic E-state index is 0.238. The van der Waals surface area contributed by atoms with Gasteiger partial charge in [-0.1, -0.05) is 17.7 Å². The van der Waals surface area contributed by atoms with Crippen LogP contribution in [0.5, 0.6) is 5.88 Å². The zero-order valence-corrected chi connectivity index (χ0v) is 10.5. The van der Waals surface area contributed by atoms with Crippen LogP contribution >= 0.6 is 11.6 Å². The van der Waals surface area contributed by atoms with Gasteiger partial charge < -0.3 is 10.5 Å². The van der Waals surface area contributed by atoms with E-state index in [0.29, 0.717) is 11.6 Å². The zero-order valence-electron chi connectivity index (χ0n) is 9.74. The van der Waals surface area contributed by atoms with E-state index in [0.717, 1.165) is 16.8 Å². The van der Waals surface area contributed by atoms with E-state index in [4.69, 9.17) is 22.1 Å². The molecule has 2 rings (SSSR count). The van der Waals surface area contributed by atoms with Gasteiger partial charge in [-0.2, -0.15) is 0 Å². The number of aromatic amines is 1. The Labute approximate surface area is 109 Å². The summed E-state index contributed by atoms with van der Waals surface area (Å²) >= 11 is 5.98. The van der Waals surface area contributed by atoms with Crippen LogP contribution in [0.3, 0.4) is 0 Å². The molecule has 5 nitrogen and oxygen atoms in total. The van der Waals surface area contributed by atoms with Gasteiger partial charge in [0.25, 0.3) is 0 Å². The van der Waals surface area contributed by atoms with E-state index in [2.05, 4.69) is 10.2 Å². The number of hydrogen-bond donors (Lipinski definition) is 2. The van der Waals surface area contributed by atoms with Gasteiger partial charge >= 0.3 is 5.97 Å². The van der Waals surface area contributed by atoms with Gasteiger partial charge in [0, 0.05) is 30.1 Å². The minimum atomic E-state index is -0.410. The maximum atomic E-state index is 10.8. The number of carbonyl (C=O) groups is 1. The Morgan fingerprint density at radius 2 is 2.28 bits per heavy atom. The fourth-order valence-corrected chi connectivity index (χ4v) is 1.74. The normalized spacial score (nSPS) is 10.4. The fourth-order valence-electron chi connectivity index (χ4n) is 1.55. The summed E-state index contributed by atoms with van der Waals surface area (Å²) in [6, 6.07) is 7.12. The first-order valence-corrected chi connectivity index (χ1v) is 5.70. The molecule has 1 aromatic heterocycles. The summed E-state index contributed by atoms with van der Waals surface area (Å²) < 4.78 is 4.86. The molecule has 0 saturated carbocycles. The molecule has 0 atom stereocenters. The molecular formula is C12H12ClN3O2. The molecule has 0 aliphatic carbocycles. The van der Waals surface area contributed by atoms with E-state index < -0.39 is 5.97 Å². The van der Waals surface area contributed by atoms with Gasteiger partial charge in [0.1, 0.15) is 0 Å². The molecule has 1 aromatic carbocycles. The topological polar surface area (TPSA) is 81.0 Å². The van der Waals surface area contributed by atoms with Crippen molar-refractivity contribution in [1.29, 1.82) is 0 Å². The van der Waals surface area contributed by atoms with Gasteiger partial charge in [0.05, 0.1) is 5.69 Å². The summed E-state index contributed by atoms with van der Waals surface area (Å²) in [5.74, 6) is -0.173. The Hall–Kier alpha value is -1.85. The molecule has 0 unspecified atom stereocenters. The van der Waals surface area contributed by atoms with Crippen molar-refractivity contribution in [3.63, 3.8) is 0 Å². The third kappa shape index (κ3) is 2.69. The van der Waals surface area contributed by atoms with Crippen LogP contribution in [0.15, 0.2) is 24.3 Å².